The molecule has 0 saturated heterocycles. The van der Waals surface area contributed by atoms with Crippen LogP contribution in [-0.4, -0.2) is 13.4 Å². The second kappa shape index (κ2) is 5.70. The molecule has 0 spiro atoms. The maximum atomic E-state index is 12.4. The van der Waals surface area contributed by atoms with E-state index in [2.05, 4.69) is 25.6 Å². The number of nitrogens with zero attached hydrogens (tertiary/aromatic N) is 1. The van der Waals surface area contributed by atoms with E-state index in [0.717, 1.165) is 15.7 Å². The molecule has 0 aliphatic rings. The Morgan fingerprint density at radius 3 is 2.48 bits per heavy atom. The SMILES string of the molecule is Cc1cc(S(=O)(=O)Nc2nc(C(C)(C)C)cs2)ccc1Br. The molecule has 0 amide bonds. The highest BCUT2D eigenvalue weighted by atomic mass is 79.9. The Kier molecular flexibility index (Phi) is 4.46. The van der Waals surface area contributed by atoms with Gasteiger partial charge in [0.1, 0.15) is 0 Å². The van der Waals surface area contributed by atoms with Gasteiger partial charge in [-0.05, 0) is 30.7 Å². The summed E-state index contributed by atoms with van der Waals surface area (Å²) in [7, 11) is -3.61. The monoisotopic (exact) mass is 388 g/mol. The predicted molar refractivity (Wildman–Crippen MR) is 90.5 cm³/mol. The second-order valence-electron chi connectivity index (χ2n) is 5.80. The smallest absolute Gasteiger partial charge is 0.255 e. The lowest BCUT2D eigenvalue weighted by Crippen LogP contribution is -2.15. The fourth-order valence-corrected chi connectivity index (χ4v) is 4.14. The van der Waals surface area contributed by atoms with Crippen LogP contribution >= 0.6 is 27.3 Å². The third-order valence-corrected chi connectivity index (χ3v) is 6.05. The van der Waals surface area contributed by atoms with Crippen LogP contribution in [0.2, 0.25) is 0 Å². The molecule has 0 radical (unpaired) electrons. The number of benzene rings is 1. The van der Waals surface area contributed by atoms with E-state index in [-0.39, 0.29) is 10.3 Å². The van der Waals surface area contributed by atoms with Crippen LogP contribution in [0.15, 0.2) is 32.9 Å². The van der Waals surface area contributed by atoms with Crippen molar-refractivity contribution in [2.75, 3.05) is 4.72 Å². The number of aromatic nitrogens is 1. The summed E-state index contributed by atoms with van der Waals surface area (Å²) in [5.41, 5.74) is 1.64. The van der Waals surface area contributed by atoms with E-state index in [1.807, 2.05) is 33.1 Å². The van der Waals surface area contributed by atoms with Crippen LogP contribution in [0.4, 0.5) is 5.13 Å². The first-order chi connectivity index (χ1) is 9.59. The summed E-state index contributed by atoms with van der Waals surface area (Å²) in [5, 5.41) is 2.27. The van der Waals surface area contributed by atoms with E-state index in [4.69, 9.17) is 0 Å². The molecule has 1 heterocycles. The molecule has 0 atom stereocenters. The van der Waals surface area contributed by atoms with Crippen molar-refractivity contribution in [2.45, 2.75) is 38.0 Å². The van der Waals surface area contributed by atoms with Gasteiger partial charge in [0.15, 0.2) is 5.13 Å². The first kappa shape index (κ1) is 16.5. The van der Waals surface area contributed by atoms with Crippen LogP contribution in [0.3, 0.4) is 0 Å². The van der Waals surface area contributed by atoms with Gasteiger partial charge >= 0.3 is 0 Å². The minimum Gasteiger partial charge on any atom is -0.255 e. The van der Waals surface area contributed by atoms with Crippen molar-refractivity contribution in [3.8, 4) is 0 Å². The Bertz CT molecular complexity index is 762. The second-order valence-corrected chi connectivity index (χ2v) is 9.20. The highest BCUT2D eigenvalue weighted by molar-refractivity contribution is 9.10. The standard InChI is InChI=1S/C14H17BrN2O2S2/c1-9-7-10(5-6-11(9)15)21(18,19)17-13-16-12(8-20-13)14(2,3)4/h5-8H,1-4H3,(H,16,17). The van der Waals surface area contributed by atoms with Crippen molar-refractivity contribution in [1.29, 1.82) is 0 Å². The highest BCUT2D eigenvalue weighted by Crippen LogP contribution is 2.28. The molecule has 0 aliphatic heterocycles. The first-order valence-electron chi connectivity index (χ1n) is 6.34. The van der Waals surface area contributed by atoms with Gasteiger partial charge in [-0.2, -0.15) is 0 Å². The number of hydrogen-bond acceptors (Lipinski definition) is 4. The molecule has 0 aliphatic carbocycles. The minimum atomic E-state index is -3.61. The molecule has 21 heavy (non-hydrogen) atoms. The van der Waals surface area contributed by atoms with E-state index in [9.17, 15) is 8.42 Å². The summed E-state index contributed by atoms with van der Waals surface area (Å²) in [6, 6.07) is 4.93. The Balaban J connectivity index is 2.29. The van der Waals surface area contributed by atoms with Crippen LogP contribution in [-0.2, 0) is 15.4 Å². The molecule has 1 N–H and O–H groups in total. The average molecular weight is 389 g/mol. The molecule has 4 nitrogen and oxygen atoms in total. The summed E-state index contributed by atoms with van der Waals surface area (Å²) in [4.78, 5) is 4.58. The number of nitrogens with one attached hydrogen (secondary N) is 1. The maximum absolute atomic E-state index is 12.4. The van der Waals surface area contributed by atoms with E-state index in [1.54, 1.807) is 18.2 Å². The third-order valence-electron chi connectivity index (χ3n) is 2.93. The number of rotatable bonds is 3. The zero-order valence-electron chi connectivity index (χ0n) is 12.3. The van der Waals surface area contributed by atoms with E-state index in [1.165, 1.54) is 11.3 Å². The number of halogens is 1. The maximum Gasteiger partial charge on any atom is 0.263 e. The van der Waals surface area contributed by atoms with Crippen LogP contribution in [0, 0.1) is 6.92 Å². The predicted octanol–water partition coefficient (Wildman–Crippen LogP) is 4.31. The van der Waals surface area contributed by atoms with Crippen molar-refractivity contribution >= 4 is 42.4 Å². The van der Waals surface area contributed by atoms with Gasteiger partial charge in [-0.15, -0.1) is 11.3 Å². The largest absolute Gasteiger partial charge is 0.263 e. The lowest BCUT2D eigenvalue weighted by atomic mass is 9.93. The molecule has 2 aromatic rings. The molecule has 1 aromatic carbocycles. The lowest BCUT2D eigenvalue weighted by molar-refractivity contribution is 0.573. The topological polar surface area (TPSA) is 59.1 Å². The highest BCUT2D eigenvalue weighted by Gasteiger charge is 2.21. The Morgan fingerprint density at radius 2 is 1.95 bits per heavy atom. The number of aryl methyl sites for hydroxylation is 1. The molecule has 114 valence electrons. The Hall–Kier alpha value is -0.920. The molecule has 1 aromatic heterocycles. The molecular weight excluding hydrogens is 372 g/mol. The summed E-state index contributed by atoms with van der Waals surface area (Å²) < 4.78 is 28.1. The molecular formula is C14H17BrN2O2S2. The van der Waals surface area contributed by atoms with Crippen LogP contribution < -0.4 is 4.72 Å². The summed E-state index contributed by atoms with van der Waals surface area (Å²) >= 11 is 4.66. The zero-order chi connectivity index (χ0) is 15.8. The third kappa shape index (κ3) is 3.84. The van der Waals surface area contributed by atoms with Crippen LogP contribution in [0.25, 0.3) is 0 Å². The summed E-state index contributed by atoms with van der Waals surface area (Å²) in [6.45, 7) is 7.97. The number of sulfonamides is 1. The van der Waals surface area contributed by atoms with Crippen molar-refractivity contribution in [3.63, 3.8) is 0 Å². The van der Waals surface area contributed by atoms with Gasteiger partial charge < -0.3 is 0 Å². The Labute approximate surface area is 137 Å². The molecule has 0 fully saturated rings. The van der Waals surface area contributed by atoms with Gasteiger partial charge in [0.25, 0.3) is 10.0 Å². The van der Waals surface area contributed by atoms with Gasteiger partial charge in [0.05, 0.1) is 10.6 Å². The van der Waals surface area contributed by atoms with Gasteiger partial charge in [-0.3, -0.25) is 4.72 Å². The van der Waals surface area contributed by atoms with Crippen molar-refractivity contribution in [3.05, 3.63) is 39.3 Å². The van der Waals surface area contributed by atoms with Gasteiger partial charge in [-0.25, -0.2) is 13.4 Å². The van der Waals surface area contributed by atoms with E-state index in [0.29, 0.717) is 5.13 Å². The van der Waals surface area contributed by atoms with Gasteiger partial charge in [-0.1, -0.05) is 36.7 Å². The van der Waals surface area contributed by atoms with Gasteiger partial charge in [0, 0.05) is 15.3 Å². The zero-order valence-corrected chi connectivity index (χ0v) is 15.5. The van der Waals surface area contributed by atoms with E-state index < -0.39 is 10.0 Å². The van der Waals surface area contributed by atoms with Crippen molar-refractivity contribution in [2.24, 2.45) is 0 Å². The van der Waals surface area contributed by atoms with E-state index >= 15 is 0 Å². The summed E-state index contributed by atoms with van der Waals surface area (Å²) in [6.07, 6.45) is 0. The fourth-order valence-electron chi connectivity index (χ4n) is 1.62. The van der Waals surface area contributed by atoms with Crippen molar-refractivity contribution in [1.82, 2.24) is 4.98 Å². The molecule has 0 bridgehead atoms. The molecule has 7 heteroatoms. The fraction of sp³-hybridized carbons (Fsp3) is 0.357. The number of anilines is 1. The summed E-state index contributed by atoms with van der Waals surface area (Å²) in [5.74, 6) is 0. The number of thiazole rings is 1. The van der Waals surface area contributed by atoms with Crippen LogP contribution in [0.5, 0.6) is 0 Å². The van der Waals surface area contributed by atoms with Crippen LogP contribution in [0.1, 0.15) is 32.0 Å². The Morgan fingerprint density at radius 1 is 1.29 bits per heavy atom. The molecule has 0 saturated carbocycles. The lowest BCUT2D eigenvalue weighted by Gasteiger charge is -2.14. The minimum absolute atomic E-state index is 0.103. The van der Waals surface area contributed by atoms with Crippen molar-refractivity contribution < 1.29 is 8.42 Å². The molecule has 2 rings (SSSR count). The van der Waals surface area contributed by atoms with Gasteiger partial charge in [0.2, 0.25) is 0 Å². The normalized spacial score (nSPS) is 12.4. The first-order valence-corrected chi connectivity index (χ1v) is 9.50. The quantitative estimate of drug-likeness (QED) is 0.851. The molecule has 0 unspecified atom stereocenters. The number of hydrogen-bond donors (Lipinski definition) is 1. The average Bonchev–Trinajstić information content (AvgIpc) is 2.80.